The maximum Gasteiger partial charge on any atom is 0.143 e. The van der Waals surface area contributed by atoms with E-state index < -0.39 is 0 Å². The van der Waals surface area contributed by atoms with Gasteiger partial charge in [-0.2, -0.15) is 0 Å². The van der Waals surface area contributed by atoms with Crippen LogP contribution in [0.25, 0.3) is 0 Å². The van der Waals surface area contributed by atoms with Gasteiger partial charge in [-0.25, -0.2) is 4.98 Å². The molecule has 0 N–H and O–H groups in total. The van der Waals surface area contributed by atoms with Crippen molar-refractivity contribution in [3.63, 3.8) is 0 Å². The van der Waals surface area contributed by atoms with E-state index in [0.717, 1.165) is 17.8 Å². The summed E-state index contributed by atoms with van der Waals surface area (Å²) in [6.45, 7) is 3.34. The summed E-state index contributed by atoms with van der Waals surface area (Å²) in [5, 5.41) is 0. The van der Waals surface area contributed by atoms with Crippen molar-refractivity contribution >= 4 is 21.7 Å². The summed E-state index contributed by atoms with van der Waals surface area (Å²) in [6.07, 6.45) is 7.43. The monoisotopic (exact) mass is 280 g/mol. The van der Waals surface area contributed by atoms with Crippen LogP contribution in [-0.2, 0) is 0 Å². The predicted octanol–water partition coefficient (Wildman–Crippen LogP) is 3.53. The molecule has 0 radical (unpaired) electrons. The minimum atomic E-state index is 0.756. The van der Waals surface area contributed by atoms with Crippen LogP contribution in [-0.4, -0.2) is 17.6 Å². The first kappa shape index (κ1) is 10.6. The first-order valence-corrected chi connectivity index (χ1v) is 6.93. The van der Waals surface area contributed by atoms with Crippen LogP contribution in [0.4, 0.5) is 5.82 Å². The summed E-state index contributed by atoms with van der Waals surface area (Å²) in [7, 11) is 0. The number of anilines is 1. The molecule has 2 aliphatic carbocycles. The molecule has 1 aromatic rings. The van der Waals surface area contributed by atoms with E-state index in [1.807, 2.05) is 6.20 Å². The van der Waals surface area contributed by atoms with Crippen molar-refractivity contribution < 1.29 is 0 Å². The lowest BCUT2D eigenvalue weighted by Gasteiger charge is -2.25. The number of halogens is 1. The fourth-order valence-corrected chi connectivity index (χ4v) is 2.56. The highest BCUT2D eigenvalue weighted by Gasteiger charge is 2.35. The lowest BCUT2D eigenvalue weighted by Crippen LogP contribution is -2.29. The number of hydrogen-bond donors (Lipinski definition) is 0. The Bertz CT molecular complexity index is 397. The molecule has 2 fully saturated rings. The van der Waals surface area contributed by atoms with Gasteiger partial charge < -0.3 is 4.90 Å². The molecule has 0 saturated heterocycles. The Morgan fingerprint density at radius 2 is 2.12 bits per heavy atom. The molecule has 2 aliphatic rings. The topological polar surface area (TPSA) is 16.1 Å². The van der Waals surface area contributed by atoms with E-state index in [-0.39, 0.29) is 0 Å². The third-order valence-corrected chi connectivity index (χ3v) is 4.46. The molecule has 0 aliphatic heterocycles. The zero-order valence-corrected chi connectivity index (χ0v) is 11.2. The van der Waals surface area contributed by atoms with Gasteiger partial charge in [0.2, 0.25) is 0 Å². The molecule has 3 rings (SSSR count). The fraction of sp³-hybridized carbons (Fsp3) is 0.615. The second-order valence-electron chi connectivity index (χ2n) is 5.09. The summed E-state index contributed by atoms with van der Waals surface area (Å²) >= 11 is 3.68. The van der Waals surface area contributed by atoms with E-state index in [9.17, 15) is 0 Å². The second kappa shape index (κ2) is 4.02. The number of rotatable bonds is 4. The summed E-state index contributed by atoms with van der Waals surface area (Å²) < 4.78 is 1.18. The highest BCUT2D eigenvalue weighted by molar-refractivity contribution is 9.10. The molecular formula is C13H17BrN2. The van der Waals surface area contributed by atoms with Gasteiger partial charge in [0.15, 0.2) is 0 Å². The Morgan fingerprint density at radius 1 is 1.38 bits per heavy atom. The Hall–Kier alpha value is -0.570. The molecule has 1 aromatic heterocycles. The third-order valence-electron chi connectivity index (χ3n) is 3.48. The van der Waals surface area contributed by atoms with E-state index >= 15 is 0 Å². The first-order chi connectivity index (χ1) is 7.75. The van der Waals surface area contributed by atoms with Crippen molar-refractivity contribution in [1.29, 1.82) is 0 Å². The number of pyridine rings is 1. The zero-order valence-electron chi connectivity index (χ0n) is 9.62. The Morgan fingerprint density at radius 3 is 2.75 bits per heavy atom. The van der Waals surface area contributed by atoms with Crippen molar-refractivity contribution in [3.05, 3.63) is 22.3 Å². The minimum Gasteiger partial charge on any atom is -0.352 e. The van der Waals surface area contributed by atoms with Gasteiger partial charge in [-0.1, -0.05) is 0 Å². The van der Waals surface area contributed by atoms with Gasteiger partial charge in [-0.3, -0.25) is 0 Å². The standard InChI is InChI=1S/C13H17BrN2/c1-9-6-7-15-13(12(9)14)16(11-4-5-11)8-10-2-3-10/h6-7,10-11H,2-5,8H2,1H3. The predicted molar refractivity (Wildman–Crippen MR) is 69.8 cm³/mol. The van der Waals surface area contributed by atoms with E-state index in [1.165, 1.54) is 42.3 Å². The quantitative estimate of drug-likeness (QED) is 0.839. The third kappa shape index (κ3) is 2.10. The van der Waals surface area contributed by atoms with Gasteiger partial charge in [0.25, 0.3) is 0 Å². The largest absolute Gasteiger partial charge is 0.352 e. The van der Waals surface area contributed by atoms with Gasteiger partial charge in [-0.15, -0.1) is 0 Å². The smallest absolute Gasteiger partial charge is 0.143 e. The maximum absolute atomic E-state index is 4.56. The molecule has 16 heavy (non-hydrogen) atoms. The van der Waals surface area contributed by atoms with E-state index in [1.54, 1.807) is 0 Å². The normalized spacial score (nSPS) is 19.9. The van der Waals surface area contributed by atoms with Gasteiger partial charge in [0, 0.05) is 18.8 Å². The summed E-state index contributed by atoms with van der Waals surface area (Å²) in [6, 6.07) is 2.82. The molecule has 0 aromatic carbocycles. The first-order valence-electron chi connectivity index (χ1n) is 6.13. The van der Waals surface area contributed by atoms with Crippen LogP contribution in [0.3, 0.4) is 0 Å². The van der Waals surface area contributed by atoms with Crippen LogP contribution < -0.4 is 4.90 Å². The molecule has 0 bridgehead atoms. The molecule has 1 heterocycles. The summed E-state index contributed by atoms with van der Waals surface area (Å²) in [5.41, 5.74) is 1.28. The van der Waals surface area contributed by atoms with Crippen LogP contribution in [0.5, 0.6) is 0 Å². The van der Waals surface area contributed by atoms with Crippen molar-refractivity contribution in [3.8, 4) is 0 Å². The van der Waals surface area contributed by atoms with Gasteiger partial charge in [-0.05, 0) is 66.1 Å². The fourth-order valence-electron chi connectivity index (χ4n) is 2.10. The van der Waals surface area contributed by atoms with Crippen molar-refractivity contribution in [1.82, 2.24) is 4.98 Å². The average Bonchev–Trinajstić information content (AvgIpc) is 3.14. The maximum atomic E-state index is 4.56. The number of nitrogens with zero attached hydrogens (tertiary/aromatic N) is 2. The summed E-state index contributed by atoms with van der Waals surface area (Å²) in [4.78, 5) is 7.08. The van der Waals surface area contributed by atoms with Gasteiger partial charge in [0.05, 0.1) is 4.47 Å². The van der Waals surface area contributed by atoms with Crippen LogP contribution >= 0.6 is 15.9 Å². The minimum absolute atomic E-state index is 0.756. The van der Waals surface area contributed by atoms with Crippen LogP contribution in [0.1, 0.15) is 31.2 Å². The summed E-state index contributed by atoms with van der Waals surface area (Å²) in [5.74, 6) is 2.09. The zero-order chi connectivity index (χ0) is 11.1. The van der Waals surface area contributed by atoms with Crippen LogP contribution in [0, 0.1) is 12.8 Å². The van der Waals surface area contributed by atoms with Crippen molar-refractivity contribution in [2.45, 2.75) is 38.6 Å². The Kier molecular flexibility index (Phi) is 2.66. The van der Waals surface area contributed by atoms with Crippen LogP contribution in [0.15, 0.2) is 16.7 Å². The highest BCUT2D eigenvalue weighted by atomic mass is 79.9. The number of aryl methyl sites for hydroxylation is 1. The number of hydrogen-bond acceptors (Lipinski definition) is 2. The molecular weight excluding hydrogens is 264 g/mol. The lowest BCUT2D eigenvalue weighted by atomic mass is 10.2. The lowest BCUT2D eigenvalue weighted by molar-refractivity contribution is 0.707. The number of aromatic nitrogens is 1. The Balaban J connectivity index is 1.88. The Labute approximate surface area is 105 Å². The molecule has 0 unspecified atom stereocenters. The molecule has 0 amide bonds. The SMILES string of the molecule is Cc1ccnc(N(CC2CC2)C2CC2)c1Br. The van der Waals surface area contributed by atoms with E-state index in [2.05, 4.69) is 38.8 Å². The van der Waals surface area contributed by atoms with Crippen molar-refractivity contribution in [2.75, 3.05) is 11.4 Å². The molecule has 0 spiro atoms. The van der Waals surface area contributed by atoms with Crippen molar-refractivity contribution in [2.24, 2.45) is 5.92 Å². The second-order valence-corrected chi connectivity index (χ2v) is 5.89. The van der Waals surface area contributed by atoms with Gasteiger partial charge in [0.1, 0.15) is 5.82 Å². The van der Waals surface area contributed by atoms with E-state index in [0.29, 0.717) is 0 Å². The van der Waals surface area contributed by atoms with E-state index in [4.69, 9.17) is 0 Å². The molecule has 3 heteroatoms. The molecule has 0 atom stereocenters. The van der Waals surface area contributed by atoms with Crippen LogP contribution in [0.2, 0.25) is 0 Å². The molecule has 2 nitrogen and oxygen atoms in total. The molecule has 2 saturated carbocycles. The highest BCUT2D eigenvalue weighted by Crippen LogP contribution is 2.39. The molecule has 86 valence electrons. The van der Waals surface area contributed by atoms with Gasteiger partial charge >= 0.3 is 0 Å². The average molecular weight is 281 g/mol.